The van der Waals surface area contributed by atoms with Crippen molar-refractivity contribution in [1.29, 1.82) is 0 Å². The van der Waals surface area contributed by atoms with Crippen molar-refractivity contribution in [2.24, 2.45) is 17.6 Å². The highest BCUT2D eigenvalue weighted by Gasteiger charge is 2.41. The number of aryl methyl sites for hydroxylation is 1. The first-order valence-corrected chi connectivity index (χ1v) is 8.47. The summed E-state index contributed by atoms with van der Waals surface area (Å²) in [6.45, 7) is 5.28. The highest BCUT2D eigenvalue weighted by Crippen LogP contribution is 2.31. The molecule has 3 atom stereocenters. The maximum atomic E-state index is 14.2. The van der Waals surface area contributed by atoms with Gasteiger partial charge in [0.15, 0.2) is 0 Å². The number of amides is 2. The summed E-state index contributed by atoms with van der Waals surface area (Å²) in [5.74, 6) is -0.710. The molecule has 138 valence electrons. The predicted octanol–water partition coefficient (Wildman–Crippen LogP) is 2.10. The van der Waals surface area contributed by atoms with Crippen molar-refractivity contribution in [2.75, 3.05) is 24.5 Å². The summed E-state index contributed by atoms with van der Waals surface area (Å²) in [7, 11) is 0. The summed E-state index contributed by atoms with van der Waals surface area (Å²) < 4.78 is 14.2. The van der Waals surface area contributed by atoms with Crippen molar-refractivity contribution >= 4 is 29.9 Å². The third-order valence-corrected chi connectivity index (χ3v) is 5.15. The van der Waals surface area contributed by atoms with E-state index < -0.39 is 11.7 Å². The first-order chi connectivity index (χ1) is 11.4. The van der Waals surface area contributed by atoms with Crippen molar-refractivity contribution in [3.63, 3.8) is 0 Å². The second-order valence-corrected chi connectivity index (χ2v) is 7.04. The Labute approximate surface area is 153 Å². The molecule has 0 saturated carbocycles. The zero-order valence-corrected chi connectivity index (χ0v) is 15.4. The molecule has 25 heavy (non-hydrogen) atoms. The molecule has 2 N–H and O–H groups in total. The Morgan fingerprint density at radius 2 is 2.08 bits per heavy atom. The molecule has 2 fully saturated rings. The van der Waals surface area contributed by atoms with Gasteiger partial charge in [-0.25, -0.2) is 4.39 Å². The number of benzene rings is 1. The smallest absolute Gasteiger partial charge is 0.228 e. The molecule has 0 bridgehead atoms. The van der Waals surface area contributed by atoms with Gasteiger partial charge in [0.1, 0.15) is 5.82 Å². The maximum Gasteiger partial charge on any atom is 0.228 e. The molecule has 2 heterocycles. The molecule has 2 aliphatic heterocycles. The van der Waals surface area contributed by atoms with Crippen LogP contribution in [0.15, 0.2) is 18.2 Å². The largest absolute Gasteiger partial charge is 0.339 e. The van der Waals surface area contributed by atoms with Crippen molar-refractivity contribution in [2.45, 2.75) is 32.7 Å². The van der Waals surface area contributed by atoms with Crippen LogP contribution in [0.2, 0.25) is 0 Å². The Morgan fingerprint density at radius 3 is 2.68 bits per heavy atom. The fraction of sp³-hybridized carbons (Fsp3) is 0.556. The van der Waals surface area contributed by atoms with Crippen LogP contribution in [0.3, 0.4) is 0 Å². The molecular formula is C18H25ClFN3O2. The number of halogens is 2. The second kappa shape index (κ2) is 7.70. The van der Waals surface area contributed by atoms with E-state index >= 15 is 0 Å². The second-order valence-electron chi connectivity index (χ2n) is 7.04. The van der Waals surface area contributed by atoms with Gasteiger partial charge in [-0.3, -0.25) is 9.59 Å². The van der Waals surface area contributed by atoms with E-state index in [1.54, 1.807) is 19.1 Å². The molecule has 0 aromatic heterocycles. The lowest BCUT2D eigenvalue weighted by molar-refractivity contribution is -0.136. The van der Waals surface area contributed by atoms with E-state index in [0.29, 0.717) is 19.0 Å². The van der Waals surface area contributed by atoms with E-state index in [1.807, 2.05) is 11.8 Å². The van der Waals surface area contributed by atoms with Crippen LogP contribution >= 0.6 is 12.4 Å². The predicted molar refractivity (Wildman–Crippen MR) is 97.2 cm³/mol. The van der Waals surface area contributed by atoms with E-state index in [-0.39, 0.29) is 48.9 Å². The molecule has 3 rings (SSSR count). The molecule has 5 nitrogen and oxygen atoms in total. The number of nitrogens with zero attached hydrogens (tertiary/aromatic N) is 2. The van der Waals surface area contributed by atoms with Crippen LogP contribution in [0.5, 0.6) is 0 Å². The molecule has 1 aromatic carbocycles. The van der Waals surface area contributed by atoms with E-state index in [4.69, 9.17) is 5.73 Å². The highest BCUT2D eigenvalue weighted by atomic mass is 35.5. The van der Waals surface area contributed by atoms with Crippen LogP contribution in [-0.4, -0.2) is 42.4 Å². The van der Waals surface area contributed by atoms with Gasteiger partial charge in [-0.05, 0) is 50.4 Å². The average molecular weight is 370 g/mol. The van der Waals surface area contributed by atoms with Gasteiger partial charge in [0.25, 0.3) is 0 Å². The first kappa shape index (κ1) is 19.7. The molecule has 2 amide bonds. The lowest BCUT2D eigenvalue weighted by atomic mass is 10.1. The summed E-state index contributed by atoms with van der Waals surface area (Å²) >= 11 is 0. The minimum absolute atomic E-state index is 0. The number of carbonyl (C=O) groups is 2. The van der Waals surface area contributed by atoms with E-state index in [0.717, 1.165) is 12.0 Å². The van der Waals surface area contributed by atoms with Crippen LogP contribution < -0.4 is 10.6 Å². The van der Waals surface area contributed by atoms with Gasteiger partial charge in [0, 0.05) is 25.6 Å². The summed E-state index contributed by atoms with van der Waals surface area (Å²) in [5, 5.41) is 0. The molecule has 2 saturated heterocycles. The average Bonchev–Trinajstić information content (AvgIpc) is 3.10. The molecule has 7 heteroatoms. The Kier molecular flexibility index (Phi) is 6.06. The Morgan fingerprint density at radius 1 is 1.36 bits per heavy atom. The first-order valence-electron chi connectivity index (χ1n) is 8.47. The Balaban J connectivity index is 0.00000225. The Bertz CT molecular complexity index is 670. The molecule has 0 aliphatic carbocycles. The molecule has 1 aromatic rings. The molecular weight excluding hydrogens is 345 g/mol. The van der Waals surface area contributed by atoms with Gasteiger partial charge in [-0.1, -0.05) is 6.07 Å². The summed E-state index contributed by atoms with van der Waals surface area (Å²) in [6.07, 6.45) is 1.04. The normalized spacial score (nSPS) is 26.1. The van der Waals surface area contributed by atoms with Crippen LogP contribution in [0.1, 0.15) is 25.3 Å². The zero-order chi connectivity index (χ0) is 17.4. The minimum atomic E-state index is -0.422. The van der Waals surface area contributed by atoms with E-state index in [2.05, 4.69) is 0 Å². The topological polar surface area (TPSA) is 66.6 Å². The van der Waals surface area contributed by atoms with Gasteiger partial charge in [0.2, 0.25) is 11.8 Å². The lowest BCUT2D eigenvalue weighted by Crippen LogP contribution is -2.40. The summed E-state index contributed by atoms with van der Waals surface area (Å²) in [4.78, 5) is 28.3. The quantitative estimate of drug-likeness (QED) is 0.887. The summed E-state index contributed by atoms with van der Waals surface area (Å²) in [6, 6.07) is 4.94. The van der Waals surface area contributed by atoms with Gasteiger partial charge >= 0.3 is 0 Å². The third kappa shape index (κ3) is 3.80. The van der Waals surface area contributed by atoms with Crippen molar-refractivity contribution in [1.82, 2.24) is 4.90 Å². The SMILES string of the molecule is Cc1ccc(N2CC(C(=O)N3CC(CN)CC3C)CC2=O)c(F)c1.Cl. The number of rotatable bonds is 3. The van der Waals surface area contributed by atoms with Gasteiger partial charge in [-0.2, -0.15) is 0 Å². The summed E-state index contributed by atoms with van der Waals surface area (Å²) in [5.41, 5.74) is 6.78. The Hall–Kier alpha value is -1.66. The van der Waals surface area contributed by atoms with Crippen LogP contribution in [-0.2, 0) is 9.59 Å². The fourth-order valence-electron chi connectivity index (χ4n) is 3.79. The van der Waals surface area contributed by atoms with E-state index in [9.17, 15) is 14.0 Å². The van der Waals surface area contributed by atoms with Crippen LogP contribution in [0.25, 0.3) is 0 Å². The standard InChI is InChI=1S/C18H24FN3O2.ClH/c1-11-3-4-16(15(19)5-11)22-10-14(7-17(22)23)18(24)21-9-13(8-20)6-12(21)2;/h3-5,12-14H,6-10,20H2,1-2H3;1H. The monoisotopic (exact) mass is 369 g/mol. The highest BCUT2D eigenvalue weighted by molar-refractivity contribution is 6.00. The number of hydrogen-bond acceptors (Lipinski definition) is 3. The number of carbonyl (C=O) groups excluding carboxylic acids is 2. The van der Waals surface area contributed by atoms with Gasteiger partial charge in [0.05, 0.1) is 11.6 Å². The third-order valence-electron chi connectivity index (χ3n) is 5.15. The lowest BCUT2D eigenvalue weighted by Gasteiger charge is -2.25. The minimum Gasteiger partial charge on any atom is -0.339 e. The maximum absolute atomic E-state index is 14.2. The molecule has 3 unspecified atom stereocenters. The van der Waals surface area contributed by atoms with Crippen LogP contribution in [0.4, 0.5) is 10.1 Å². The number of nitrogens with two attached hydrogens (primary N) is 1. The number of hydrogen-bond donors (Lipinski definition) is 1. The number of anilines is 1. The molecule has 0 spiro atoms. The van der Waals surface area contributed by atoms with Gasteiger partial charge < -0.3 is 15.5 Å². The molecule has 0 radical (unpaired) electrons. The van der Waals surface area contributed by atoms with Crippen molar-refractivity contribution in [3.05, 3.63) is 29.6 Å². The van der Waals surface area contributed by atoms with Crippen LogP contribution in [0, 0.1) is 24.6 Å². The van der Waals surface area contributed by atoms with Crippen molar-refractivity contribution in [3.8, 4) is 0 Å². The zero-order valence-electron chi connectivity index (χ0n) is 14.6. The number of likely N-dealkylation sites (tertiary alicyclic amines) is 1. The fourth-order valence-corrected chi connectivity index (χ4v) is 3.79. The van der Waals surface area contributed by atoms with Crippen molar-refractivity contribution < 1.29 is 14.0 Å². The van der Waals surface area contributed by atoms with E-state index in [1.165, 1.54) is 11.0 Å². The molecule has 2 aliphatic rings. The van der Waals surface area contributed by atoms with Gasteiger partial charge in [-0.15, -0.1) is 12.4 Å².